The van der Waals surface area contributed by atoms with Crippen LogP contribution in [0.3, 0.4) is 0 Å². The van der Waals surface area contributed by atoms with Crippen molar-refractivity contribution < 1.29 is 28.5 Å². The van der Waals surface area contributed by atoms with Crippen molar-refractivity contribution in [3.8, 4) is 0 Å². The number of aldehydes is 1. The number of aliphatic hydroxyl groups is 1. The lowest BCUT2D eigenvalue weighted by atomic mass is 9.40. The Morgan fingerprint density at radius 2 is 1.88 bits per heavy atom. The van der Waals surface area contributed by atoms with Gasteiger partial charge in [-0.1, -0.05) is 6.92 Å². The van der Waals surface area contributed by atoms with E-state index < -0.39 is 22.6 Å². The summed E-state index contributed by atoms with van der Waals surface area (Å²) in [5.41, 5.74) is -1.92. The molecule has 4 saturated carbocycles. The van der Waals surface area contributed by atoms with E-state index in [1.165, 1.54) is 6.07 Å². The molecule has 7 nitrogen and oxygen atoms in total. The molecule has 3 aliphatic heterocycles. The number of carbonyl (C=O) groups is 1. The minimum Gasteiger partial charge on any atom is -0.431 e. The Balaban J connectivity index is 1.30. The average molecular weight is 457 g/mol. The lowest BCUT2D eigenvalue weighted by Crippen LogP contribution is -2.81. The highest BCUT2D eigenvalue weighted by Gasteiger charge is 2.79. The SMILES string of the molecule is C[C@]12O[C@H]3C[C@@H](O1)[C@]1(C=O)C4CC[C@@]5(C)[C@@H](c6ccc(=O)oc6)CC[C@@]5(O)[C@@H]4CC[C@@]1(C3)O2. The zero-order valence-electron chi connectivity index (χ0n) is 19.2. The standard InChI is InChI=1S/C26H32O7/c1-22-8-5-18-19(26(22,29)10-7-17(22)15-3-4-21(28)30-13-15)6-9-24-12-16-11-20(25(18,24)14-27)32-23(2,31-16)33-24/h3-4,13-14,16-20,29H,5-12H2,1-2H3/t16-,17+,18?,19+,20+,22-,23-,24-,25-,26+/m0/s1. The van der Waals surface area contributed by atoms with Crippen molar-refractivity contribution in [2.24, 2.45) is 22.7 Å². The predicted molar refractivity (Wildman–Crippen MR) is 115 cm³/mol. The Bertz CT molecular complexity index is 1060. The number of fused-ring (bicyclic) bond motifs is 3. The molecule has 33 heavy (non-hydrogen) atoms. The molecule has 1 unspecified atom stereocenters. The molecule has 1 spiro atoms. The molecule has 0 aromatic carbocycles. The lowest BCUT2D eigenvalue weighted by Gasteiger charge is -2.73. The second-order valence-corrected chi connectivity index (χ2v) is 11.9. The second kappa shape index (κ2) is 6.17. The van der Waals surface area contributed by atoms with Crippen molar-refractivity contribution in [3.05, 3.63) is 34.4 Å². The Morgan fingerprint density at radius 3 is 2.61 bits per heavy atom. The topological polar surface area (TPSA) is 95.2 Å². The van der Waals surface area contributed by atoms with Crippen LogP contribution in [0.4, 0.5) is 0 Å². The molecular formula is C26H32O7. The molecule has 4 bridgehead atoms. The van der Waals surface area contributed by atoms with Gasteiger partial charge in [-0.05, 0) is 67.9 Å². The Kier molecular flexibility index (Phi) is 3.89. The summed E-state index contributed by atoms with van der Waals surface area (Å²) in [5.74, 6) is -0.927. The van der Waals surface area contributed by atoms with Gasteiger partial charge in [0.15, 0.2) is 0 Å². The summed E-state index contributed by atoms with van der Waals surface area (Å²) in [6.45, 7) is 4.03. The summed E-state index contributed by atoms with van der Waals surface area (Å²) in [4.78, 5) is 24.6. The first-order chi connectivity index (χ1) is 15.7. The molecule has 4 heterocycles. The number of hydrogen-bond acceptors (Lipinski definition) is 7. The molecular weight excluding hydrogens is 424 g/mol. The summed E-state index contributed by atoms with van der Waals surface area (Å²) in [6, 6.07) is 3.32. The molecule has 7 heteroatoms. The minimum atomic E-state index is -1.07. The Hall–Kier alpha value is -1.54. The van der Waals surface area contributed by atoms with E-state index in [2.05, 4.69) is 6.92 Å². The van der Waals surface area contributed by atoms with Gasteiger partial charge in [-0.15, -0.1) is 0 Å². The minimum absolute atomic E-state index is 0.00578. The van der Waals surface area contributed by atoms with E-state index in [1.54, 1.807) is 6.26 Å². The fourth-order valence-electron chi connectivity index (χ4n) is 9.69. The van der Waals surface area contributed by atoms with Crippen molar-refractivity contribution in [2.75, 3.05) is 0 Å². The maximum absolute atomic E-state index is 13.1. The fourth-order valence-corrected chi connectivity index (χ4v) is 9.69. The van der Waals surface area contributed by atoms with Gasteiger partial charge in [-0.3, -0.25) is 0 Å². The summed E-state index contributed by atoms with van der Waals surface area (Å²) in [5, 5.41) is 12.4. The predicted octanol–water partition coefficient (Wildman–Crippen LogP) is 3.28. The maximum atomic E-state index is 13.1. The van der Waals surface area contributed by atoms with E-state index in [4.69, 9.17) is 18.6 Å². The van der Waals surface area contributed by atoms with E-state index in [-0.39, 0.29) is 41.0 Å². The third-order valence-electron chi connectivity index (χ3n) is 10.9. The number of ether oxygens (including phenoxy) is 3. The first kappa shape index (κ1) is 20.8. The monoisotopic (exact) mass is 456 g/mol. The van der Waals surface area contributed by atoms with Crippen LogP contribution in [-0.4, -0.2) is 40.8 Å². The van der Waals surface area contributed by atoms with Crippen LogP contribution < -0.4 is 5.63 Å². The molecule has 0 amide bonds. The van der Waals surface area contributed by atoms with Crippen molar-refractivity contribution in [1.29, 1.82) is 0 Å². The smallest absolute Gasteiger partial charge is 0.335 e. The molecule has 1 aromatic rings. The van der Waals surface area contributed by atoms with Gasteiger partial charge in [-0.2, -0.15) is 0 Å². The van der Waals surface area contributed by atoms with Gasteiger partial charge in [0, 0.05) is 31.2 Å². The molecule has 8 rings (SSSR count). The van der Waals surface area contributed by atoms with Gasteiger partial charge in [-0.25, -0.2) is 4.79 Å². The van der Waals surface area contributed by atoms with Crippen LogP contribution in [0.15, 0.2) is 27.6 Å². The van der Waals surface area contributed by atoms with Gasteiger partial charge in [0.05, 0.1) is 35.1 Å². The van der Waals surface area contributed by atoms with Gasteiger partial charge >= 0.3 is 5.63 Å². The first-order valence-electron chi connectivity index (χ1n) is 12.5. The zero-order valence-corrected chi connectivity index (χ0v) is 19.2. The largest absolute Gasteiger partial charge is 0.431 e. The first-order valence-corrected chi connectivity index (χ1v) is 12.5. The average Bonchev–Trinajstić information content (AvgIpc) is 3.04. The molecule has 1 N–H and O–H groups in total. The van der Waals surface area contributed by atoms with Crippen molar-refractivity contribution in [2.45, 2.75) is 101 Å². The molecule has 3 saturated heterocycles. The van der Waals surface area contributed by atoms with Gasteiger partial charge in [0.2, 0.25) is 0 Å². The van der Waals surface area contributed by atoms with Crippen LogP contribution in [0, 0.1) is 22.7 Å². The summed E-state index contributed by atoms with van der Waals surface area (Å²) < 4.78 is 24.0. The van der Waals surface area contributed by atoms with Crippen LogP contribution in [-0.2, 0) is 19.0 Å². The van der Waals surface area contributed by atoms with Gasteiger partial charge in [0.25, 0.3) is 5.97 Å². The molecule has 0 radical (unpaired) electrons. The third-order valence-corrected chi connectivity index (χ3v) is 10.9. The summed E-state index contributed by atoms with van der Waals surface area (Å²) in [6.07, 6.45) is 8.74. The Morgan fingerprint density at radius 1 is 1.06 bits per heavy atom. The van der Waals surface area contributed by atoms with Crippen LogP contribution in [0.5, 0.6) is 0 Å². The van der Waals surface area contributed by atoms with Crippen LogP contribution in [0.25, 0.3) is 0 Å². The third kappa shape index (κ3) is 2.26. The van der Waals surface area contributed by atoms with E-state index in [0.29, 0.717) is 12.8 Å². The number of carbonyl (C=O) groups excluding carboxylic acids is 1. The fraction of sp³-hybridized carbons (Fsp3) is 0.769. The van der Waals surface area contributed by atoms with Crippen molar-refractivity contribution in [3.63, 3.8) is 0 Å². The Labute approximate surface area is 192 Å². The number of hydrogen-bond donors (Lipinski definition) is 1. The summed E-state index contributed by atoms with van der Waals surface area (Å²) >= 11 is 0. The maximum Gasteiger partial charge on any atom is 0.335 e. The lowest BCUT2D eigenvalue weighted by molar-refractivity contribution is -0.542. The molecule has 1 aromatic heterocycles. The van der Waals surface area contributed by atoms with E-state index >= 15 is 0 Å². The van der Waals surface area contributed by atoms with Crippen molar-refractivity contribution >= 4 is 6.29 Å². The second-order valence-electron chi connectivity index (χ2n) is 11.9. The molecule has 178 valence electrons. The van der Waals surface area contributed by atoms with Gasteiger partial charge < -0.3 is 28.5 Å². The van der Waals surface area contributed by atoms with Crippen LogP contribution in [0.2, 0.25) is 0 Å². The van der Waals surface area contributed by atoms with Crippen LogP contribution >= 0.6 is 0 Å². The van der Waals surface area contributed by atoms with Crippen molar-refractivity contribution in [1.82, 2.24) is 0 Å². The molecule has 7 fully saturated rings. The number of rotatable bonds is 2. The normalized spacial score (nSPS) is 56.2. The van der Waals surface area contributed by atoms with Crippen LogP contribution in [0.1, 0.15) is 76.7 Å². The van der Waals surface area contributed by atoms with Gasteiger partial charge in [0.1, 0.15) is 6.29 Å². The quantitative estimate of drug-likeness (QED) is 0.683. The highest BCUT2D eigenvalue weighted by atomic mass is 16.9. The molecule has 7 aliphatic rings. The highest BCUT2D eigenvalue weighted by molar-refractivity contribution is 5.66. The zero-order chi connectivity index (χ0) is 22.9. The summed E-state index contributed by atoms with van der Waals surface area (Å²) in [7, 11) is 0. The van der Waals surface area contributed by atoms with E-state index in [0.717, 1.165) is 50.4 Å². The van der Waals surface area contributed by atoms with E-state index in [1.807, 2.05) is 13.0 Å². The molecule has 4 aliphatic carbocycles. The molecule has 10 atom stereocenters. The highest BCUT2D eigenvalue weighted by Crippen LogP contribution is 2.74. The van der Waals surface area contributed by atoms with E-state index in [9.17, 15) is 14.7 Å².